The molecule has 0 radical (unpaired) electrons. The maximum atomic E-state index is 13.4. The maximum absolute atomic E-state index is 13.4. The summed E-state index contributed by atoms with van der Waals surface area (Å²) >= 11 is 3.53. The number of fused-ring (bicyclic) bond motifs is 1. The first kappa shape index (κ1) is 17.7. The molecule has 5 rings (SSSR count). The fraction of sp³-hybridized carbons (Fsp3) is 0.304. The van der Waals surface area contributed by atoms with Gasteiger partial charge in [0.15, 0.2) is 0 Å². The lowest BCUT2D eigenvalue weighted by molar-refractivity contribution is 0.0606. The number of amides is 1. The van der Waals surface area contributed by atoms with E-state index in [-0.39, 0.29) is 11.9 Å². The van der Waals surface area contributed by atoms with Gasteiger partial charge in [0.2, 0.25) is 0 Å². The van der Waals surface area contributed by atoms with Crippen molar-refractivity contribution >= 4 is 21.8 Å². The highest BCUT2D eigenvalue weighted by atomic mass is 79.9. The molecule has 2 aromatic carbocycles. The summed E-state index contributed by atoms with van der Waals surface area (Å²) in [6.45, 7) is 0. The second kappa shape index (κ2) is 7.21. The minimum Gasteiger partial charge on any atom is -0.323 e. The predicted molar refractivity (Wildman–Crippen MR) is 113 cm³/mol. The van der Waals surface area contributed by atoms with Crippen molar-refractivity contribution in [3.8, 4) is 11.3 Å². The smallest absolute Gasteiger partial charge is 0.273 e. The van der Waals surface area contributed by atoms with Crippen LogP contribution in [0.5, 0.6) is 0 Å². The number of carbonyl (C=O) groups excluding carboxylic acids is 1. The summed E-state index contributed by atoms with van der Waals surface area (Å²) in [6.07, 6.45) is 5.82. The zero-order valence-corrected chi connectivity index (χ0v) is 17.2. The van der Waals surface area contributed by atoms with Crippen LogP contribution in [0.4, 0.5) is 0 Å². The van der Waals surface area contributed by atoms with Crippen LogP contribution in [0.25, 0.3) is 11.3 Å². The number of halogens is 1. The highest BCUT2D eigenvalue weighted by molar-refractivity contribution is 9.10. The largest absolute Gasteiger partial charge is 0.323 e. The van der Waals surface area contributed by atoms with Crippen LogP contribution in [0, 0.1) is 0 Å². The number of hydrogen-bond donors (Lipinski definition) is 1. The van der Waals surface area contributed by atoms with Crippen LogP contribution >= 0.6 is 15.9 Å². The highest BCUT2D eigenvalue weighted by Crippen LogP contribution is 2.45. The highest BCUT2D eigenvalue weighted by Gasteiger charge is 2.45. The molecule has 0 saturated heterocycles. The number of aromatic amines is 1. The van der Waals surface area contributed by atoms with E-state index in [1.54, 1.807) is 0 Å². The molecule has 2 heterocycles. The summed E-state index contributed by atoms with van der Waals surface area (Å²) in [5.74, 6) is 0.0875. The van der Waals surface area contributed by atoms with Gasteiger partial charge in [-0.25, -0.2) is 0 Å². The van der Waals surface area contributed by atoms with Crippen molar-refractivity contribution in [2.45, 2.75) is 44.2 Å². The van der Waals surface area contributed by atoms with Crippen LogP contribution < -0.4 is 0 Å². The molecule has 142 valence electrons. The average molecular weight is 436 g/mol. The van der Waals surface area contributed by atoms with Gasteiger partial charge in [-0.1, -0.05) is 77.7 Å². The van der Waals surface area contributed by atoms with Gasteiger partial charge in [0.25, 0.3) is 5.91 Å². The molecule has 0 spiro atoms. The molecule has 1 fully saturated rings. The summed E-state index contributed by atoms with van der Waals surface area (Å²) in [5, 5.41) is 7.61. The Balaban J connectivity index is 1.66. The summed E-state index contributed by atoms with van der Waals surface area (Å²) in [5.41, 5.74) is 4.73. The van der Waals surface area contributed by atoms with Gasteiger partial charge in [0, 0.05) is 21.6 Å². The number of nitrogens with zero attached hydrogens (tertiary/aromatic N) is 2. The molecule has 1 amide bonds. The van der Waals surface area contributed by atoms with E-state index in [9.17, 15) is 4.79 Å². The second-order valence-corrected chi connectivity index (χ2v) is 8.60. The Hall–Kier alpha value is -2.40. The third kappa shape index (κ3) is 2.89. The van der Waals surface area contributed by atoms with Crippen molar-refractivity contribution in [2.75, 3.05) is 0 Å². The molecule has 1 aliphatic heterocycles. The standard InChI is InChI=1S/C23H22BrN3O/c24-17-13-11-16(12-14-17)22-19-20(15-7-3-1-4-8-15)25-26-21(19)23(28)27(22)18-9-5-2-6-10-18/h1,3-4,7-8,11-14,18,22H,2,5-6,9-10H2,(H,25,26). The number of aromatic nitrogens is 2. The maximum Gasteiger partial charge on any atom is 0.273 e. The molecule has 28 heavy (non-hydrogen) atoms. The predicted octanol–water partition coefficient (Wildman–Crippen LogP) is 5.72. The zero-order chi connectivity index (χ0) is 19.1. The molecule has 0 bridgehead atoms. The Morgan fingerprint density at radius 2 is 1.68 bits per heavy atom. The first-order chi connectivity index (χ1) is 13.7. The van der Waals surface area contributed by atoms with E-state index in [0.717, 1.165) is 39.7 Å². The van der Waals surface area contributed by atoms with E-state index in [0.29, 0.717) is 11.7 Å². The summed E-state index contributed by atoms with van der Waals surface area (Å²) < 4.78 is 1.04. The lowest BCUT2D eigenvalue weighted by Gasteiger charge is -2.36. The quantitative estimate of drug-likeness (QED) is 0.571. The van der Waals surface area contributed by atoms with Gasteiger partial charge in [0.05, 0.1) is 11.7 Å². The van der Waals surface area contributed by atoms with Gasteiger partial charge in [-0.2, -0.15) is 5.10 Å². The van der Waals surface area contributed by atoms with Crippen molar-refractivity contribution in [2.24, 2.45) is 0 Å². The molecule has 1 unspecified atom stereocenters. The number of nitrogens with one attached hydrogen (secondary N) is 1. The Morgan fingerprint density at radius 1 is 0.964 bits per heavy atom. The van der Waals surface area contributed by atoms with Crippen molar-refractivity contribution in [3.05, 3.63) is 75.9 Å². The normalized spacial score (nSPS) is 19.8. The SMILES string of the molecule is O=C1c2[nH]nc(-c3ccccc3)c2C(c2ccc(Br)cc2)N1C1CCCCC1. The molecule has 1 aromatic heterocycles. The van der Waals surface area contributed by atoms with Gasteiger partial charge in [0.1, 0.15) is 5.69 Å². The van der Waals surface area contributed by atoms with Crippen LogP contribution in [0.2, 0.25) is 0 Å². The Kier molecular flexibility index (Phi) is 4.55. The van der Waals surface area contributed by atoms with Crippen molar-refractivity contribution in [1.29, 1.82) is 0 Å². The van der Waals surface area contributed by atoms with Crippen LogP contribution in [0.3, 0.4) is 0 Å². The van der Waals surface area contributed by atoms with Crippen molar-refractivity contribution in [3.63, 3.8) is 0 Å². The lowest BCUT2D eigenvalue weighted by atomic mass is 9.91. The molecule has 1 N–H and O–H groups in total. The number of rotatable bonds is 3. The summed E-state index contributed by atoms with van der Waals surface area (Å²) in [7, 11) is 0. The zero-order valence-electron chi connectivity index (χ0n) is 15.6. The molecule has 1 aliphatic carbocycles. The minimum atomic E-state index is -0.0901. The van der Waals surface area contributed by atoms with Crippen LogP contribution in [0.1, 0.15) is 59.8 Å². The van der Waals surface area contributed by atoms with E-state index in [1.165, 1.54) is 19.3 Å². The van der Waals surface area contributed by atoms with Gasteiger partial charge in [-0.15, -0.1) is 0 Å². The number of hydrogen-bond acceptors (Lipinski definition) is 2. The first-order valence-electron chi connectivity index (χ1n) is 9.96. The fourth-order valence-electron chi connectivity index (χ4n) is 4.69. The number of H-pyrrole nitrogens is 1. The molecule has 1 saturated carbocycles. The molecule has 1 atom stereocenters. The molecule has 4 nitrogen and oxygen atoms in total. The minimum absolute atomic E-state index is 0.0875. The van der Waals surface area contributed by atoms with E-state index < -0.39 is 0 Å². The van der Waals surface area contributed by atoms with E-state index in [2.05, 4.69) is 67.4 Å². The van der Waals surface area contributed by atoms with E-state index in [1.807, 2.05) is 18.2 Å². The van der Waals surface area contributed by atoms with Crippen LogP contribution in [0.15, 0.2) is 59.1 Å². The van der Waals surface area contributed by atoms with E-state index >= 15 is 0 Å². The summed E-state index contributed by atoms with van der Waals surface area (Å²) in [6, 6.07) is 18.7. The van der Waals surface area contributed by atoms with Crippen LogP contribution in [-0.4, -0.2) is 27.0 Å². The van der Waals surface area contributed by atoms with Crippen molar-refractivity contribution < 1.29 is 4.79 Å². The average Bonchev–Trinajstić information content (AvgIpc) is 3.29. The summed E-state index contributed by atoms with van der Waals surface area (Å²) in [4.78, 5) is 15.6. The molecular weight excluding hydrogens is 414 g/mol. The second-order valence-electron chi connectivity index (χ2n) is 7.69. The molecular formula is C23H22BrN3O. The Bertz CT molecular complexity index is 990. The third-order valence-electron chi connectivity index (χ3n) is 6.01. The van der Waals surface area contributed by atoms with Crippen LogP contribution in [-0.2, 0) is 0 Å². The topological polar surface area (TPSA) is 49.0 Å². The third-order valence-corrected chi connectivity index (χ3v) is 6.53. The first-order valence-corrected chi connectivity index (χ1v) is 10.7. The van der Waals surface area contributed by atoms with Gasteiger partial charge >= 0.3 is 0 Å². The van der Waals surface area contributed by atoms with Crippen molar-refractivity contribution in [1.82, 2.24) is 15.1 Å². The molecule has 2 aliphatic rings. The Morgan fingerprint density at radius 3 is 2.39 bits per heavy atom. The number of carbonyl (C=O) groups is 1. The Labute approximate surface area is 173 Å². The monoisotopic (exact) mass is 435 g/mol. The van der Waals surface area contributed by atoms with E-state index in [4.69, 9.17) is 0 Å². The fourth-order valence-corrected chi connectivity index (χ4v) is 4.95. The van der Waals surface area contributed by atoms with Gasteiger partial charge in [-0.3, -0.25) is 9.89 Å². The van der Waals surface area contributed by atoms with Gasteiger partial charge in [-0.05, 0) is 30.5 Å². The molecule has 5 heteroatoms. The number of benzene rings is 2. The molecule has 3 aromatic rings. The van der Waals surface area contributed by atoms with Gasteiger partial charge < -0.3 is 4.90 Å². The lowest BCUT2D eigenvalue weighted by Crippen LogP contribution is -2.40.